The molecule has 7 heteroatoms. The molecule has 2 saturated heterocycles. The van der Waals surface area contributed by atoms with Crippen LogP contribution in [0.3, 0.4) is 0 Å². The second kappa shape index (κ2) is 8.71. The van der Waals surface area contributed by atoms with Gasteiger partial charge in [0, 0.05) is 56.6 Å². The molecule has 2 aromatic heterocycles. The Morgan fingerprint density at radius 3 is 2.55 bits per heavy atom. The molecule has 1 amide bonds. The van der Waals surface area contributed by atoms with Gasteiger partial charge in [-0.1, -0.05) is 12.1 Å². The van der Waals surface area contributed by atoms with Crippen LogP contribution in [0.5, 0.6) is 5.75 Å². The van der Waals surface area contributed by atoms with E-state index in [2.05, 4.69) is 57.9 Å². The Hall–Kier alpha value is -3.06. The lowest BCUT2D eigenvalue weighted by Crippen LogP contribution is -2.49. The predicted molar refractivity (Wildman–Crippen MR) is 129 cm³/mol. The molecule has 0 spiro atoms. The molecular weight excluding hydrogens is 414 g/mol. The summed E-state index contributed by atoms with van der Waals surface area (Å²) < 4.78 is 8.10. The number of carbonyl (C=O) groups excluding carboxylic acids is 1. The molecule has 1 aromatic carbocycles. The van der Waals surface area contributed by atoms with Gasteiger partial charge in [0.15, 0.2) is 0 Å². The summed E-state index contributed by atoms with van der Waals surface area (Å²) in [4.78, 5) is 16.8. The minimum Gasteiger partial charge on any atom is -0.489 e. The molecule has 1 unspecified atom stereocenters. The molecule has 1 N–H and O–H groups in total. The molecule has 33 heavy (non-hydrogen) atoms. The summed E-state index contributed by atoms with van der Waals surface area (Å²) in [6, 6.07) is 12.7. The van der Waals surface area contributed by atoms with Gasteiger partial charge in [0.05, 0.1) is 11.2 Å². The first-order valence-corrected chi connectivity index (χ1v) is 12.2. The van der Waals surface area contributed by atoms with Crippen LogP contribution in [0.4, 0.5) is 5.69 Å². The number of rotatable bonds is 5. The monoisotopic (exact) mass is 445 g/mol. The lowest BCUT2D eigenvalue weighted by Gasteiger charge is -2.36. The minimum absolute atomic E-state index is 0.258. The van der Waals surface area contributed by atoms with Gasteiger partial charge in [-0.3, -0.25) is 4.79 Å². The zero-order valence-corrected chi connectivity index (χ0v) is 18.9. The van der Waals surface area contributed by atoms with Crippen molar-refractivity contribution in [2.24, 2.45) is 5.92 Å². The van der Waals surface area contributed by atoms with Crippen LogP contribution < -0.4 is 15.0 Å². The van der Waals surface area contributed by atoms with Crippen LogP contribution >= 0.6 is 0 Å². The summed E-state index contributed by atoms with van der Waals surface area (Å²) in [5.41, 5.74) is 4.58. The molecule has 3 aliphatic rings. The van der Waals surface area contributed by atoms with Crippen molar-refractivity contribution in [3.05, 3.63) is 48.8 Å². The first-order valence-electron chi connectivity index (χ1n) is 12.2. The van der Waals surface area contributed by atoms with Gasteiger partial charge >= 0.3 is 0 Å². The Balaban J connectivity index is 1.17. The van der Waals surface area contributed by atoms with Gasteiger partial charge in [-0.05, 0) is 62.1 Å². The molecule has 6 rings (SSSR count). The fourth-order valence-corrected chi connectivity index (χ4v) is 5.02. The number of piperidine rings is 1. The Kier molecular flexibility index (Phi) is 5.42. The maximum atomic E-state index is 12.4. The number of carbonyl (C=O) groups is 1. The van der Waals surface area contributed by atoms with E-state index in [0.717, 1.165) is 80.9 Å². The van der Waals surface area contributed by atoms with Gasteiger partial charge in [-0.25, -0.2) is 4.52 Å². The highest BCUT2D eigenvalue weighted by Crippen LogP contribution is 2.33. The molecular formula is C26H31N5O2. The van der Waals surface area contributed by atoms with Crippen LogP contribution in [0.1, 0.15) is 25.7 Å². The first kappa shape index (κ1) is 20.5. The summed E-state index contributed by atoms with van der Waals surface area (Å²) in [6.45, 7) is 5.33. The van der Waals surface area contributed by atoms with E-state index in [1.807, 2.05) is 15.6 Å². The average molecular weight is 446 g/mol. The number of hydrogen-bond acceptors (Lipinski definition) is 5. The van der Waals surface area contributed by atoms with Gasteiger partial charge in [0.2, 0.25) is 5.91 Å². The molecule has 1 aliphatic carbocycles. The van der Waals surface area contributed by atoms with Crippen LogP contribution in [0.25, 0.3) is 16.6 Å². The summed E-state index contributed by atoms with van der Waals surface area (Å²) in [6.07, 6.45) is 8.63. The lowest BCUT2D eigenvalue weighted by atomic mass is 10.1. The highest BCUT2D eigenvalue weighted by Gasteiger charge is 2.34. The number of fused-ring (bicyclic) bond motifs is 1. The van der Waals surface area contributed by atoms with Crippen molar-refractivity contribution in [3.63, 3.8) is 0 Å². The Labute approximate surface area is 194 Å². The van der Waals surface area contributed by atoms with E-state index < -0.39 is 0 Å². The normalized spacial score (nSPS) is 21.4. The number of hydrogen-bond donors (Lipinski definition) is 1. The van der Waals surface area contributed by atoms with Crippen LogP contribution in [0.15, 0.2) is 48.8 Å². The summed E-state index contributed by atoms with van der Waals surface area (Å²) >= 11 is 0. The smallest absolute Gasteiger partial charge is 0.225 e. The third-order valence-corrected chi connectivity index (χ3v) is 7.09. The van der Waals surface area contributed by atoms with E-state index in [-0.39, 0.29) is 6.10 Å². The molecule has 7 nitrogen and oxygen atoms in total. The average Bonchev–Trinajstić information content (AvgIpc) is 3.62. The number of nitrogens with zero attached hydrogens (tertiary/aromatic N) is 4. The standard InChI is InChI=1S/C26H31N5O2/c32-26(20-3-4-20)30-14-12-29(13-15-30)24-9-11-28-31-18-21(16-25(24)31)19-5-7-22(8-6-19)33-23-2-1-10-27-17-23/h5-9,11,16,18,20,23,27H,1-4,10,12-15,17H2. The van der Waals surface area contributed by atoms with Crippen molar-refractivity contribution in [1.82, 2.24) is 19.8 Å². The summed E-state index contributed by atoms with van der Waals surface area (Å²) in [5.74, 6) is 1.58. The number of benzene rings is 1. The number of piperazine rings is 1. The van der Waals surface area contributed by atoms with Crippen LogP contribution in [-0.2, 0) is 4.79 Å². The van der Waals surface area contributed by atoms with E-state index in [0.29, 0.717) is 11.8 Å². The second-order valence-electron chi connectivity index (χ2n) is 9.47. The van der Waals surface area contributed by atoms with Crippen molar-refractivity contribution in [1.29, 1.82) is 0 Å². The first-order chi connectivity index (χ1) is 16.2. The summed E-state index contributed by atoms with van der Waals surface area (Å²) in [7, 11) is 0. The topological polar surface area (TPSA) is 62.1 Å². The van der Waals surface area contributed by atoms with Crippen molar-refractivity contribution >= 4 is 17.1 Å². The third kappa shape index (κ3) is 4.29. The zero-order valence-electron chi connectivity index (χ0n) is 18.9. The second-order valence-corrected chi connectivity index (χ2v) is 9.47. The fraction of sp³-hybridized carbons (Fsp3) is 0.462. The fourth-order valence-electron chi connectivity index (χ4n) is 5.02. The van der Waals surface area contributed by atoms with E-state index in [4.69, 9.17) is 4.74 Å². The molecule has 3 fully saturated rings. The number of anilines is 1. The number of amides is 1. The molecule has 3 aromatic rings. The maximum Gasteiger partial charge on any atom is 0.225 e. The largest absolute Gasteiger partial charge is 0.489 e. The molecule has 4 heterocycles. The number of aromatic nitrogens is 2. The third-order valence-electron chi connectivity index (χ3n) is 7.09. The van der Waals surface area contributed by atoms with E-state index in [1.54, 1.807) is 0 Å². The van der Waals surface area contributed by atoms with Gasteiger partial charge in [-0.15, -0.1) is 0 Å². The van der Waals surface area contributed by atoms with Crippen molar-refractivity contribution in [2.75, 3.05) is 44.2 Å². The van der Waals surface area contributed by atoms with Gasteiger partial charge in [-0.2, -0.15) is 5.10 Å². The van der Waals surface area contributed by atoms with Crippen molar-refractivity contribution in [3.8, 4) is 16.9 Å². The quantitative estimate of drug-likeness (QED) is 0.654. The number of ether oxygens (including phenoxy) is 1. The Morgan fingerprint density at radius 2 is 1.82 bits per heavy atom. The van der Waals surface area contributed by atoms with E-state index in [1.165, 1.54) is 12.1 Å². The molecule has 1 atom stereocenters. The zero-order chi connectivity index (χ0) is 22.2. The van der Waals surface area contributed by atoms with E-state index >= 15 is 0 Å². The molecule has 0 radical (unpaired) electrons. The van der Waals surface area contributed by atoms with Gasteiger partial charge < -0.3 is 19.9 Å². The molecule has 172 valence electrons. The van der Waals surface area contributed by atoms with Crippen LogP contribution in [0.2, 0.25) is 0 Å². The Morgan fingerprint density at radius 1 is 1.00 bits per heavy atom. The van der Waals surface area contributed by atoms with Crippen molar-refractivity contribution in [2.45, 2.75) is 31.8 Å². The lowest BCUT2D eigenvalue weighted by molar-refractivity contribution is -0.132. The minimum atomic E-state index is 0.258. The summed E-state index contributed by atoms with van der Waals surface area (Å²) in [5, 5.41) is 7.94. The highest BCUT2D eigenvalue weighted by molar-refractivity contribution is 5.82. The van der Waals surface area contributed by atoms with Crippen LogP contribution in [0, 0.1) is 5.92 Å². The number of nitrogens with one attached hydrogen (secondary N) is 1. The SMILES string of the molecule is O=C(C1CC1)N1CCN(c2ccnn3cc(-c4ccc(OC5CCCNC5)cc4)cc23)CC1. The molecule has 1 saturated carbocycles. The van der Waals surface area contributed by atoms with Crippen LogP contribution in [-0.4, -0.2) is 65.8 Å². The maximum absolute atomic E-state index is 12.4. The van der Waals surface area contributed by atoms with E-state index in [9.17, 15) is 4.79 Å². The van der Waals surface area contributed by atoms with Gasteiger partial charge in [0.1, 0.15) is 11.9 Å². The molecule has 0 bridgehead atoms. The molecule has 2 aliphatic heterocycles. The van der Waals surface area contributed by atoms with Crippen molar-refractivity contribution < 1.29 is 9.53 Å². The predicted octanol–water partition coefficient (Wildman–Crippen LogP) is 3.19. The highest BCUT2D eigenvalue weighted by atomic mass is 16.5. The Bertz CT molecular complexity index is 1120. The van der Waals surface area contributed by atoms with Gasteiger partial charge in [0.25, 0.3) is 0 Å².